The molecule has 0 unspecified atom stereocenters. The van der Waals surface area contributed by atoms with Crippen LogP contribution in [-0.4, -0.2) is 24.0 Å². The number of anilines is 1. The number of aromatic nitrogens is 1. The van der Waals surface area contributed by atoms with Gasteiger partial charge in [0.25, 0.3) is 0 Å². The van der Waals surface area contributed by atoms with Crippen molar-refractivity contribution in [3.05, 3.63) is 24.0 Å². The maximum atomic E-state index is 12.5. The van der Waals surface area contributed by atoms with Gasteiger partial charge in [-0.05, 0) is 50.9 Å². The standard InChI is InChI=1S/C14H21N3O/c1-3-14(5-8-15-9-6-14)13(18)17-12-4-7-16-10-11(12)2/h4,7,10,15H,3,5-6,8-9H2,1-2H3,(H,16,17,18). The second-order valence-electron chi connectivity index (χ2n) is 5.03. The zero-order valence-corrected chi connectivity index (χ0v) is 11.1. The molecule has 2 N–H and O–H groups in total. The highest BCUT2D eigenvalue weighted by Crippen LogP contribution is 2.34. The van der Waals surface area contributed by atoms with E-state index >= 15 is 0 Å². The molecule has 0 saturated carbocycles. The monoisotopic (exact) mass is 247 g/mol. The number of carbonyl (C=O) groups is 1. The van der Waals surface area contributed by atoms with Crippen LogP contribution < -0.4 is 10.6 Å². The summed E-state index contributed by atoms with van der Waals surface area (Å²) < 4.78 is 0. The van der Waals surface area contributed by atoms with Crippen LogP contribution in [-0.2, 0) is 4.79 Å². The zero-order valence-electron chi connectivity index (χ0n) is 11.1. The van der Waals surface area contributed by atoms with E-state index in [1.807, 2.05) is 13.0 Å². The Bertz CT molecular complexity index is 425. The molecular formula is C14H21N3O. The van der Waals surface area contributed by atoms with Crippen LogP contribution in [0.25, 0.3) is 0 Å². The molecule has 1 aliphatic rings. The van der Waals surface area contributed by atoms with Crippen molar-refractivity contribution in [3.8, 4) is 0 Å². The molecule has 4 heteroatoms. The van der Waals surface area contributed by atoms with Crippen molar-refractivity contribution in [1.29, 1.82) is 0 Å². The lowest BCUT2D eigenvalue weighted by molar-refractivity contribution is -0.127. The van der Waals surface area contributed by atoms with Gasteiger partial charge in [0.05, 0.1) is 5.41 Å². The van der Waals surface area contributed by atoms with Crippen molar-refractivity contribution >= 4 is 11.6 Å². The van der Waals surface area contributed by atoms with E-state index in [-0.39, 0.29) is 11.3 Å². The first kappa shape index (κ1) is 13.0. The van der Waals surface area contributed by atoms with Crippen molar-refractivity contribution in [2.24, 2.45) is 5.41 Å². The number of nitrogens with one attached hydrogen (secondary N) is 2. The van der Waals surface area contributed by atoms with Gasteiger partial charge in [-0.3, -0.25) is 9.78 Å². The summed E-state index contributed by atoms with van der Waals surface area (Å²) in [6, 6.07) is 1.86. The van der Waals surface area contributed by atoms with Crippen LogP contribution in [0.4, 0.5) is 5.69 Å². The van der Waals surface area contributed by atoms with Crippen LogP contribution >= 0.6 is 0 Å². The summed E-state index contributed by atoms with van der Waals surface area (Å²) in [5.74, 6) is 0.154. The molecule has 2 rings (SSSR count). The fourth-order valence-electron chi connectivity index (χ4n) is 2.52. The molecule has 1 saturated heterocycles. The lowest BCUT2D eigenvalue weighted by atomic mass is 9.76. The maximum absolute atomic E-state index is 12.5. The summed E-state index contributed by atoms with van der Waals surface area (Å²) in [6.45, 7) is 5.92. The summed E-state index contributed by atoms with van der Waals surface area (Å²) in [7, 11) is 0. The van der Waals surface area contributed by atoms with Crippen LogP contribution in [0, 0.1) is 12.3 Å². The molecule has 2 heterocycles. The summed E-state index contributed by atoms with van der Waals surface area (Å²) in [5.41, 5.74) is 1.67. The molecule has 1 aromatic rings. The Balaban J connectivity index is 2.13. The molecule has 0 aliphatic carbocycles. The minimum atomic E-state index is -0.207. The second kappa shape index (κ2) is 5.48. The molecule has 0 aromatic carbocycles. The molecule has 0 atom stereocenters. The number of hydrogen-bond donors (Lipinski definition) is 2. The third-order valence-corrected chi connectivity index (χ3v) is 3.99. The number of hydrogen-bond acceptors (Lipinski definition) is 3. The fraction of sp³-hybridized carbons (Fsp3) is 0.571. The van der Waals surface area contributed by atoms with Gasteiger partial charge in [0.2, 0.25) is 5.91 Å². The van der Waals surface area contributed by atoms with E-state index in [4.69, 9.17) is 0 Å². The summed E-state index contributed by atoms with van der Waals surface area (Å²) >= 11 is 0. The van der Waals surface area contributed by atoms with Crippen LogP contribution in [0.3, 0.4) is 0 Å². The topological polar surface area (TPSA) is 54.0 Å². The van der Waals surface area contributed by atoms with Gasteiger partial charge in [0.1, 0.15) is 0 Å². The van der Waals surface area contributed by atoms with Crippen molar-refractivity contribution in [1.82, 2.24) is 10.3 Å². The normalized spacial score (nSPS) is 18.3. The minimum absolute atomic E-state index is 0.154. The molecule has 98 valence electrons. The smallest absolute Gasteiger partial charge is 0.230 e. The van der Waals surface area contributed by atoms with E-state index in [2.05, 4.69) is 22.5 Å². The lowest BCUT2D eigenvalue weighted by Crippen LogP contribution is -2.44. The Morgan fingerprint density at radius 2 is 2.22 bits per heavy atom. The third kappa shape index (κ3) is 2.53. The predicted molar refractivity (Wildman–Crippen MR) is 72.4 cm³/mol. The second-order valence-corrected chi connectivity index (χ2v) is 5.03. The van der Waals surface area contributed by atoms with Crippen molar-refractivity contribution in [2.75, 3.05) is 18.4 Å². The number of carbonyl (C=O) groups excluding carboxylic acids is 1. The lowest BCUT2D eigenvalue weighted by Gasteiger charge is -2.35. The summed E-state index contributed by atoms with van der Waals surface area (Å²) in [5, 5.41) is 6.38. The highest BCUT2D eigenvalue weighted by atomic mass is 16.2. The largest absolute Gasteiger partial charge is 0.325 e. The van der Waals surface area contributed by atoms with Gasteiger partial charge >= 0.3 is 0 Å². The van der Waals surface area contributed by atoms with Gasteiger partial charge in [0.15, 0.2) is 0 Å². The van der Waals surface area contributed by atoms with Crippen LogP contribution in [0.1, 0.15) is 31.7 Å². The molecule has 1 aliphatic heterocycles. The quantitative estimate of drug-likeness (QED) is 0.860. The average molecular weight is 247 g/mol. The SMILES string of the molecule is CCC1(C(=O)Nc2ccncc2C)CCNCC1. The molecule has 0 spiro atoms. The van der Waals surface area contributed by atoms with Gasteiger partial charge in [-0.1, -0.05) is 6.92 Å². The van der Waals surface area contributed by atoms with Crippen molar-refractivity contribution in [2.45, 2.75) is 33.1 Å². The number of pyridine rings is 1. The van der Waals surface area contributed by atoms with Gasteiger partial charge in [-0.15, -0.1) is 0 Å². The fourth-order valence-corrected chi connectivity index (χ4v) is 2.52. The van der Waals surface area contributed by atoms with Crippen molar-refractivity contribution in [3.63, 3.8) is 0 Å². The number of piperidine rings is 1. The number of nitrogens with zero attached hydrogens (tertiary/aromatic N) is 1. The zero-order chi connectivity index (χ0) is 13.0. The van der Waals surface area contributed by atoms with Crippen molar-refractivity contribution < 1.29 is 4.79 Å². The molecule has 0 bridgehead atoms. The van der Waals surface area contributed by atoms with E-state index in [1.165, 1.54) is 0 Å². The Hall–Kier alpha value is -1.42. The Morgan fingerprint density at radius 3 is 2.83 bits per heavy atom. The highest BCUT2D eigenvalue weighted by Gasteiger charge is 2.37. The van der Waals surface area contributed by atoms with Gasteiger partial charge in [-0.2, -0.15) is 0 Å². The molecule has 4 nitrogen and oxygen atoms in total. The molecule has 1 fully saturated rings. The Labute approximate surface area is 108 Å². The highest BCUT2D eigenvalue weighted by molar-refractivity contribution is 5.95. The Morgan fingerprint density at radius 1 is 1.50 bits per heavy atom. The van der Waals surface area contributed by atoms with E-state index in [0.717, 1.165) is 43.6 Å². The first-order valence-corrected chi connectivity index (χ1v) is 6.61. The molecule has 1 aromatic heterocycles. The van der Waals surface area contributed by atoms with Gasteiger partial charge in [0, 0.05) is 18.1 Å². The number of rotatable bonds is 3. The summed E-state index contributed by atoms with van der Waals surface area (Å²) in [4.78, 5) is 16.6. The van der Waals surface area contributed by atoms with Gasteiger partial charge in [-0.25, -0.2) is 0 Å². The molecule has 0 radical (unpaired) electrons. The average Bonchev–Trinajstić information content (AvgIpc) is 2.42. The van der Waals surface area contributed by atoms with E-state index in [9.17, 15) is 4.79 Å². The molecule has 18 heavy (non-hydrogen) atoms. The first-order chi connectivity index (χ1) is 8.68. The van der Waals surface area contributed by atoms with Gasteiger partial charge < -0.3 is 10.6 Å². The maximum Gasteiger partial charge on any atom is 0.230 e. The van der Waals surface area contributed by atoms with E-state index in [1.54, 1.807) is 12.4 Å². The number of aryl methyl sites for hydroxylation is 1. The first-order valence-electron chi connectivity index (χ1n) is 6.61. The van der Waals surface area contributed by atoms with Crippen LogP contribution in [0.15, 0.2) is 18.5 Å². The van der Waals surface area contributed by atoms with Crippen LogP contribution in [0.5, 0.6) is 0 Å². The molecular weight excluding hydrogens is 226 g/mol. The minimum Gasteiger partial charge on any atom is -0.325 e. The van der Waals surface area contributed by atoms with E-state index in [0.29, 0.717) is 0 Å². The third-order valence-electron chi connectivity index (χ3n) is 3.99. The van der Waals surface area contributed by atoms with Crippen LogP contribution in [0.2, 0.25) is 0 Å². The predicted octanol–water partition coefficient (Wildman–Crippen LogP) is 2.11. The summed E-state index contributed by atoms with van der Waals surface area (Å²) in [6.07, 6.45) is 6.21. The Kier molecular flexibility index (Phi) is 3.97. The molecule has 1 amide bonds. The van der Waals surface area contributed by atoms with E-state index < -0.39 is 0 Å². The number of amides is 1.